The minimum Gasteiger partial charge on any atom is -0.467 e. The predicted octanol–water partition coefficient (Wildman–Crippen LogP) is 4.84. The highest BCUT2D eigenvalue weighted by Gasteiger charge is 2.34. The quantitative estimate of drug-likeness (QED) is 0.395. The second-order valence-corrected chi connectivity index (χ2v) is 9.92. The van der Waals surface area contributed by atoms with Crippen LogP contribution in [0, 0.1) is 6.92 Å². The van der Waals surface area contributed by atoms with Crippen molar-refractivity contribution in [2.24, 2.45) is 0 Å². The van der Waals surface area contributed by atoms with E-state index in [4.69, 9.17) is 4.42 Å². The molecule has 35 heavy (non-hydrogen) atoms. The third-order valence-electron chi connectivity index (χ3n) is 5.77. The Morgan fingerprint density at radius 1 is 1.14 bits per heavy atom. The molecule has 8 nitrogen and oxygen atoms in total. The molecule has 0 saturated carbocycles. The van der Waals surface area contributed by atoms with Crippen LogP contribution in [0.15, 0.2) is 58.7 Å². The van der Waals surface area contributed by atoms with Crippen molar-refractivity contribution in [3.05, 3.63) is 71.1 Å². The molecule has 0 aliphatic rings. The van der Waals surface area contributed by atoms with Crippen LogP contribution in [0.25, 0.3) is 0 Å². The number of amides is 3. The lowest BCUT2D eigenvalue weighted by Gasteiger charge is -2.34. The van der Waals surface area contributed by atoms with Gasteiger partial charge in [0, 0.05) is 30.0 Å². The number of hydrogen-bond donors (Lipinski definition) is 2. The van der Waals surface area contributed by atoms with Crippen LogP contribution in [0.3, 0.4) is 0 Å². The number of carbonyl (C=O) groups excluding carboxylic acids is 3. The van der Waals surface area contributed by atoms with Crippen molar-refractivity contribution in [3.63, 3.8) is 0 Å². The zero-order chi connectivity index (χ0) is 25.4. The second-order valence-electron chi connectivity index (χ2n) is 9.03. The Labute approximate surface area is 209 Å². The highest BCUT2D eigenvalue weighted by Crippen LogP contribution is 2.27. The highest BCUT2D eigenvalue weighted by atomic mass is 32.1. The number of nitrogens with one attached hydrogen (secondary N) is 2. The van der Waals surface area contributed by atoms with Gasteiger partial charge >= 0.3 is 0 Å². The van der Waals surface area contributed by atoms with E-state index >= 15 is 0 Å². The minimum absolute atomic E-state index is 0.0320. The molecule has 1 aromatic carbocycles. The van der Waals surface area contributed by atoms with E-state index in [1.54, 1.807) is 23.7 Å². The fraction of sp³-hybridized carbons (Fsp3) is 0.385. The zero-order valence-corrected chi connectivity index (χ0v) is 21.4. The lowest BCUT2D eigenvalue weighted by atomic mass is 9.97. The fourth-order valence-electron chi connectivity index (χ4n) is 3.44. The van der Waals surface area contributed by atoms with Gasteiger partial charge in [0.05, 0.1) is 12.8 Å². The maximum absolute atomic E-state index is 13.6. The summed E-state index contributed by atoms with van der Waals surface area (Å²) in [6.07, 6.45) is 3.75. The summed E-state index contributed by atoms with van der Waals surface area (Å²) in [5.41, 5.74) is 1.28. The van der Waals surface area contributed by atoms with E-state index in [2.05, 4.69) is 15.6 Å². The van der Waals surface area contributed by atoms with Gasteiger partial charge in [-0.25, -0.2) is 4.98 Å². The first-order valence-corrected chi connectivity index (χ1v) is 12.5. The Hall–Kier alpha value is -3.46. The number of carbonyl (C=O) groups is 3. The molecule has 1 atom stereocenters. The standard InChI is InChI=1S/C26H32N4O4S/c1-5-26(3,4)29-24(33)23(19-10-8-18(2)9-11-19)30(17-20-7-6-15-34-20)22(32)13-12-21(31)28-25-27-14-16-35-25/h6-11,14-16,23H,5,12-13,17H2,1-4H3,(H,29,33)(H,27,28,31)/t23-/m0/s1. The summed E-state index contributed by atoms with van der Waals surface area (Å²) >= 11 is 1.31. The molecule has 9 heteroatoms. The Kier molecular flexibility index (Phi) is 8.81. The van der Waals surface area contributed by atoms with Crippen LogP contribution in [0.4, 0.5) is 5.13 Å². The van der Waals surface area contributed by atoms with Crippen molar-refractivity contribution < 1.29 is 18.8 Å². The summed E-state index contributed by atoms with van der Waals surface area (Å²) in [4.78, 5) is 45.0. The maximum Gasteiger partial charge on any atom is 0.247 e. The van der Waals surface area contributed by atoms with Crippen LogP contribution in [0.2, 0.25) is 0 Å². The number of rotatable bonds is 11. The van der Waals surface area contributed by atoms with Gasteiger partial charge in [0.15, 0.2) is 5.13 Å². The molecule has 0 unspecified atom stereocenters. The van der Waals surface area contributed by atoms with Gasteiger partial charge in [-0.1, -0.05) is 36.8 Å². The average Bonchev–Trinajstić information content (AvgIpc) is 3.52. The topological polar surface area (TPSA) is 105 Å². The number of furan rings is 1. The Morgan fingerprint density at radius 3 is 2.49 bits per heavy atom. The Morgan fingerprint density at radius 2 is 1.89 bits per heavy atom. The van der Waals surface area contributed by atoms with Crippen molar-refractivity contribution in [3.8, 4) is 0 Å². The van der Waals surface area contributed by atoms with Gasteiger partial charge in [-0.3, -0.25) is 14.4 Å². The van der Waals surface area contributed by atoms with Crippen LogP contribution >= 0.6 is 11.3 Å². The molecule has 3 rings (SSSR count). The molecule has 3 amide bonds. The normalized spacial score (nSPS) is 12.1. The molecule has 2 N–H and O–H groups in total. The van der Waals surface area contributed by atoms with Crippen LogP contribution < -0.4 is 10.6 Å². The maximum atomic E-state index is 13.6. The van der Waals surface area contributed by atoms with Crippen LogP contribution in [0.1, 0.15) is 63.0 Å². The molecule has 0 aliphatic heterocycles. The van der Waals surface area contributed by atoms with E-state index in [1.165, 1.54) is 22.5 Å². The average molecular weight is 497 g/mol. The van der Waals surface area contributed by atoms with E-state index in [0.29, 0.717) is 16.5 Å². The molecular formula is C26H32N4O4S. The molecule has 2 aromatic heterocycles. The van der Waals surface area contributed by atoms with E-state index in [-0.39, 0.29) is 37.1 Å². The molecule has 0 radical (unpaired) electrons. The van der Waals surface area contributed by atoms with Gasteiger partial charge < -0.3 is 20.0 Å². The van der Waals surface area contributed by atoms with Crippen molar-refractivity contribution in [1.29, 1.82) is 0 Å². The van der Waals surface area contributed by atoms with E-state index in [0.717, 1.165) is 12.0 Å². The van der Waals surface area contributed by atoms with Crippen molar-refractivity contribution in [2.75, 3.05) is 5.32 Å². The van der Waals surface area contributed by atoms with Crippen LogP contribution in [-0.2, 0) is 20.9 Å². The van der Waals surface area contributed by atoms with Crippen LogP contribution in [-0.4, -0.2) is 33.1 Å². The SMILES string of the molecule is CCC(C)(C)NC(=O)[C@H](c1ccc(C)cc1)N(Cc1ccco1)C(=O)CCC(=O)Nc1nccs1. The summed E-state index contributed by atoms with van der Waals surface area (Å²) in [6, 6.07) is 10.2. The summed E-state index contributed by atoms with van der Waals surface area (Å²) in [5.74, 6) is -0.376. The van der Waals surface area contributed by atoms with Gasteiger partial charge in [-0.05, 0) is 44.9 Å². The fourth-order valence-corrected chi connectivity index (χ4v) is 3.98. The minimum atomic E-state index is -0.888. The molecule has 0 bridgehead atoms. The van der Waals surface area contributed by atoms with Gasteiger partial charge in [0.25, 0.3) is 0 Å². The highest BCUT2D eigenvalue weighted by molar-refractivity contribution is 7.13. The van der Waals surface area contributed by atoms with E-state index in [1.807, 2.05) is 52.0 Å². The molecule has 2 heterocycles. The van der Waals surface area contributed by atoms with Crippen molar-refractivity contribution in [2.45, 2.75) is 65.1 Å². The molecule has 186 valence electrons. The van der Waals surface area contributed by atoms with E-state index in [9.17, 15) is 14.4 Å². The Bertz CT molecular complexity index is 1110. The first kappa shape index (κ1) is 26.2. The lowest BCUT2D eigenvalue weighted by Crippen LogP contribution is -2.50. The largest absolute Gasteiger partial charge is 0.467 e. The van der Waals surface area contributed by atoms with Gasteiger partial charge in [-0.2, -0.15) is 0 Å². The number of benzene rings is 1. The molecular weight excluding hydrogens is 464 g/mol. The predicted molar refractivity (Wildman–Crippen MR) is 136 cm³/mol. The van der Waals surface area contributed by atoms with Crippen LogP contribution in [0.5, 0.6) is 0 Å². The third kappa shape index (κ3) is 7.51. The monoisotopic (exact) mass is 496 g/mol. The molecule has 3 aromatic rings. The third-order valence-corrected chi connectivity index (χ3v) is 6.46. The first-order chi connectivity index (χ1) is 16.7. The molecule has 0 aliphatic carbocycles. The summed E-state index contributed by atoms with van der Waals surface area (Å²) < 4.78 is 5.51. The van der Waals surface area contributed by atoms with Crippen molar-refractivity contribution in [1.82, 2.24) is 15.2 Å². The van der Waals surface area contributed by atoms with E-state index < -0.39 is 11.6 Å². The number of aryl methyl sites for hydroxylation is 1. The zero-order valence-electron chi connectivity index (χ0n) is 20.5. The molecule has 0 spiro atoms. The lowest BCUT2D eigenvalue weighted by molar-refractivity contribution is -0.143. The molecule has 0 saturated heterocycles. The summed E-state index contributed by atoms with van der Waals surface area (Å²) in [5, 5.41) is 8.01. The number of nitrogens with zero attached hydrogens (tertiary/aromatic N) is 2. The first-order valence-electron chi connectivity index (χ1n) is 11.6. The smallest absolute Gasteiger partial charge is 0.247 e. The Balaban J connectivity index is 1.88. The van der Waals surface area contributed by atoms with Gasteiger partial charge in [-0.15, -0.1) is 11.3 Å². The number of thiazole rings is 1. The summed E-state index contributed by atoms with van der Waals surface area (Å²) in [7, 11) is 0. The van der Waals surface area contributed by atoms with Crippen molar-refractivity contribution >= 4 is 34.2 Å². The summed E-state index contributed by atoms with van der Waals surface area (Å²) in [6.45, 7) is 7.94. The second kappa shape index (κ2) is 11.8. The number of aromatic nitrogens is 1. The number of anilines is 1. The van der Waals surface area contributed by atoms with Gasteiger partial charge in [0.1, 0.15) is 11.8 Å². The van der Waals surface area contributed by atoms with Gasteiger partial charge in [0.2, 0.25) is 17.7 Å². The number of hydrogen-bond acceptors (Lipinski definition) is 6. The molecule has 0 fully saturated rings.